The first-order valence-electron chi connectivity index (χ1n) is 5.76. The summed E-state index contributed by atoms with van der Waals surface area (Å²) in [5.74, 6) is 0.788. The Bertz CT molecular complexity index is 637. The van der Waals surface area contributed by atoms with Gasteiger partial charge in [-0.3, -0.25) is 4.57 Å². The molecule has 0 atom stereocenters. The number of benzene rings is 1. The van der Waals surface area contributed by atoms with E-state index in [9.17, 15) is 4.79 Å². The number of carbonyl (C=O) groups is 1. The smallest absolute Gasteiger partial charge is 0.360 e. The molecule has 2 rings (SSSR count). The van der Waals surface area contributed by atoms with Gasteiger partial charge in [-0.1, -0.05) is 0 Å². The van der Waals surface area contributed by atoms with Gasteiger partial charge in [0.2, 0.25) is 0 Å². The van der Waals surface area contributed by atoms with Gasteiger partial charge < -0.3 is 19.9 Å². The number of nitrogen functional groups attached to an aromatic ring is 1. The number of rotatable bonds is 4. The molecular weight excluding hydrogens is 262 g/mol. The van der Waals surface area contributed by atoms with E-state index < -0.39 is 5.97 Å². The number of methoxy groups -OCH3 is 3. The lowest BCUT2D eigenvalue weighted by atomic mass is 10.2. The van der Waals surface area contributed by atoms with Gasteiger partial charge in [-0.25, -0.2) is 9.78 Å². The summed E-state index contributed by atoms with van der Waals surface area (Å²) in [7, 11) is 4.37. The number of anilines is 1. The lowest BCUT2D eigenvalue weighted by Crippen LogP contribution is -2.08. The number of esters is 1. The lowest BCUT2D eigenvalue weighted by Gasteiger charge is -2.12. The van der Waals surface area contributed by atoms with E-state index in [4.69, 9.17) is 15.2 Å². The molecule has 0 saturated heterocycles. The first-order valence-corrected chi connectivity index (χ1v) is 5.76. The number of aromatic nitrogens is 2. The predicted molar refractivity (Wildman–Crippen MR) is 72.4 cm³/mol. The van der Waals surface area contributed by atoms with Gasteiger partial charge in [-0.15, -0.1) is 0 Å². The fourth-order valence-corrected chi connectivity index (χ4v) is 1.79. The van der Waals surface area contributed by atoms with Gasteiger partial charge in [-0.2, -0.15) is 0 Å². The molecule has 0 aliphatic carbocycles. The molecule has 1 aromatic carbocycles. The Morgan fingerprint density at radius 2 is 2.00 bits per heavy atom. The van der Waals surface area contributed by atoms with Crippen molar-refractivity contribution in [1.82, 2.24) is 9.55 Å². The second-order valence-corrected chi connectivity index (χ2v) is 3.88. The van der Waals surface area contributed by atoms with Gasteiger partial charge in [0.15, 0.2) is 5.69 Å². The second-order valence-electron chi connectivity index (χ2n) is 3.88. The van der Waals surface area contributed by atoms with Crippen LogP contribution >= 0.6 is 0 Å². The zero-order valence-electron chi connectivity index (χ0n) is 11.4. The molecule has 0 aliphatic heterocycles. The molecule has 1 aromatic heterocycles. The average Bonchev–Trinajstić information content (AvgIpc) is 2.87. The van der Waals surface area contributed by atoms with Crippen LogP contribution in [0.4, 0.5) is 5.82 Å². The van der Waals surface area contributed by atoms with Crippen LogP contribution in [0.1, 0.15) is 10.5 Å². The van der Waals surface area contributed by atoms with Gasteiger partial charge in [0.25, 0.3) is 0 Å². The molecule has 0 aliphatic rings. The van der Waals surface area contributed by atoms with Crippen LogP contribution in [0.2, 0.25) is 0 Å². The Morgan fingerprint density at radius 3 is 2.60 bits per heavy atom. The van der Waals surface area contributed by atoms with E-state index in [0.717, 1.165) is 0 Å². The number of carbonyl (C=O) groups excluding carboxylic acids is 1. The Labute approximate surface area is 115 Å². The van der Waals surface area contributed by atoms with Gasteiger partial charge in [0.05, 0.1) is 27.0 Å². The fourth-order valence-electron chi connectivity index (χ4n) is 1.79. The standard InChI is InChI=1S/C13H15N3O4/c1-18-8-4-5-9(10(6-8)19-2)16-7-15-11(12(16)14)13(17)20-3/h4-7H,14H2,1-3H3. The first-order chi connectivity index (χ1) is 9.62. The van der Waals surface area contributed by atoms with Crippen LogP contribution in [0.15, 0.2) is 24.5 Å². The maximum absolute atomic E-state index is 11.5. The van der Waals surface area contributed by atoms with Gasteiger partial charge in [0.1, 0.15) is 23.6 Å². The molecule has 0 bridgehead atoms. The SMILES string of the molecule is COC(=O)c1ncn(-c2ccc(OC)cc2OC)c1N. The molecule has 0 saturated carbocycles. The minimum Gasteiger partial charge on any atom is -0.497 e. The minimum atomic E-state index is -0.589. The van der Waals surface area contributed by atoms with Crippen LogP contribution in [0.3, 0.4) is 0 Å². The third-order valence-corrected chi connectivity index (χ3v) is 2.83. The Hall–Kier alpha value is -2.70. The number of imidazole rings is 1. The fraction of sp³-hybridized carbons (Fsp3) is 0.231. The molecule has 0 fully saturated rings. The topological polar surface area (TPSA) is 88.6 Å². The first kappa shape index (κ1) is 13.7. The number of ether oxygens (including phenoxy) is 3. The molecular formula is C13H15N3O4. The van der Waals surface area contributed by atoms with Crippen molar-refractivity contribution in [3.05, 3.63) is 30.2 Å². The second kappa shape index (κ2) is 5.52. The average molecular weight is 277 g/mol. The molecule has 1 heterocycles. The Balaban J connectivity index is 2.52. The Kier molecular flexibility index (Phi) is 3.79. The number of hydrogen-bond donors (Lipinski definition) is 1. The quantitative estimate of drug-likeness (QED) is 0.846. The molecule has 0 unspecified atom stereocenters. The molecule has 7 nitrogen and oxygen atoms in total. The highest BCUT2D eigenvalue weighted by atomic mass is 16.5. The zero-order chi connectivity index (χ0) is 14.7. The van der Waals surface area contributed by atoms with Crippen molar-refractivity contribution in [1.29, 1.82) is 0 Å². The van der Waals surface area contributed by atoms with Crippen molar-refractivity contribution in [2.24, 2.45) is 0 Å². The van der Waals surface area contributed by atoms with E-state index in [0.29, 0.717) is 17.2 Å². The van der Waals surface area contributed by atoms with Crippen LogP contribution in [-0.2, 0) is 4.74 Å². The molecule has 7 heteroatoms. The van der Waals surface area contributed by atoms with Crippen LogP contribution in [0.5, 0.6) is 11.5 Å². The normalized spacial score (nSPS) is 10.2. The molecule has 0 spiro atoms. The molecule has 106 valence electrons. The highest BCUT2D eigenvalue weighted by molar-refractivity contribution is 5.92. The predicted octanol–water partition coefficient (Wildman–Crippen LogP) is 1.26. The summed E-state index contributed by atoms with van der Waals surface area (Å²) in [6.45, 7) is 0. The summed E-state index contributed by atoms with van der Waals surface area (Å²) in [5, 5.41) is 0. The summed E-state index contributed by atoms with van der Waals surface area (Å²) in [6, 6.07) is 5.23. The van der Waals surface area contributed by atoms with Crippen LogP contribution in [0, 0.1) is 0 Å². The monoisotopic (exact) mass is 277 g/mol. The minimum absolute atomic E-state index is 0.0605. The van der Waals surface area contributed by atoms with E-state index in [1.54, 1.807) is 29.9 Å². The Morgan fingerprint density at radius 1 is 1.25 bits per heavy atom. The van der Waals surface area contributed by atoms with E-state index in [1.165, 1.54) is 20.5 Å². The number of nitrogens with two attached hydrogens (primary N) is 1. The molecule has 2 N–H and O–H groups in total. The van der Waals surface area contributed by atoms with Gasteiger partial charge in [-0.05, 0) is 12.1 Å². The van der Waals surface area contributed by atoms with E-state index in [1.807, 2.05) is 0 Å². The zero-order valence-corrected chi connectivity index (χ0v) is 11.4. The van der Waals surface area contributed by atoms with Crippen LogP contribution < -0.4 is 15.2 Å². The molecule has 0 radical (unpaired) electrons. The van der Waals surface area contributed by atoms with Crippen molar-refractivity contribution >= 4 is 11.8 Å². The van der Waals surface area contributed by atoms with Crippen molar-refractivity contribution in [3.8, 4) is 17.2 Å². The summed E-state index contributed by atoms with van der Waals surface area (Å²) in [4.78, 5) is 15.5. The summed E-state index contributed by atoms with van der Waals surface area (Å²) in [6.07, 6.45) is 1.44. The number of nitrogens with zero attached hydrogens (tertiary/aromatic N) is 2. The third kappa shape index (κ3) is 2.25. The van der Waals surface area contributed by atoms with Crippen molar-refractivity contribution in [3.63, 3.8) is 0 Å². The van der Waals surface area contributed by atoms with Crippen molar-refractivity contribution in [2.45, 2.75) is 0 Å². The lowest BCUT2D eigenvalue weighted by molar-refractivity contribution is 0.0596. The maximum Gasteiger partial charge on any atom is 0.360 e. The van der Waals surface area contributed by atoms with Crippen LogP contribution in [-0.4, -0.2) is 36.8 Å². The molecule has 0 amide bonds. The highest BCUT2D eigenvalue weighted by Crippen LogP contribution is 2.30. The summed E-state index contributed by atoms with van der Waals surface area (Å²) >= 11 is 0. The van der Waals surface area contributed by atoms with E-state index in [-0.39, 0.29) is 11.5 Å². The van der Waals surface area contributed by atoms with E-state index >= 15 is 0 Å². The van der Waals surface area contributed by atoms with E-state index in [2.05, 4.69) is 9.72 Å². The summed E-state index contributed by atoms with van der Waals surface area (Å²) in [5.41, 5.74) is 6.63. The largest absolute Gasteiger partial charge is 0.497 e. The van der Waals surface area contributed by atoms with Crippen molar-refractivity contribution < 1.29 is 19.0 Å². The number of hydrogen-bond acceptors (Lipinski definition) is 6. The highest BCUT2D eigenvalue weighted by Gasteiger charge is 2.18. The molecule has 20 heavy (non-hydrogen) atoms. The van der Waals surface area contributed by atoms with Gasteiger partial charge >= 0.3 is 5.97 Å². The maximum atomic E-state index is 11.5. The van der Waals surface area contributed by atoms with Gasteiger partial charge in [0, 0.05) is 6.07 Å². The molecule has 2 aromatic rings. The van der Waals surface area contributed by atoms with Crippen molar-refractivity contribution in [2.75, 3.05) is 27.1 Å². The summed E-state index contributed by atoms with van der Waals surface area (Å²) < 4.78 is 16.6. The third-order valence-electron chi connectivity index (χ3n) is 2.83. The van der Waals surface area contributed by atoms with Crippen LogP contribution in [0.25, 0.3) is 5.69 Å².